The van der Waals surface area contributed by atoms with Gasteiger partial charge in [0.15, 0.2) is 0 Å². The van der Waals surface area contributed by atoms with Gasteiger partial charge in [-0.1, -0.05) is 18.9 Å². The molecule has 0 bridgehead atoms. The molecule has 1 saturated carbocycles. The number of carbonyl (C=O) groups excluding carboxylic acids is 1. The molecule has 1 fully saturated rings. The van der Waals surface area contributed by atoms with Gasteiger partial charge in [-0.05, 0) is 46.7 Å². The van der Waals surface area contributed by atoms with Crippen LogP contribution in [0.4, 0.5) is 13.2 Å². The van der Waals surface area contributed by atoms with Crippen molar-refractivity contribution in [3.05, 3.63) is 44.8 Å². The first-order valence-corrected chi connectivity index (χ1v) is 9.64. The predicted molar refractivity (Wildman–Crippen MR) is 90.3 cm³/mol. The van der Waals surface area contributed by atoms with Gasteiger partial charge in [0, 0.05) is 11.4 Å². The summed E-state index contributed by atoms with van der Waals surface area (Å²) in [6, 6.07) is 5.51. The SMILES string of the molecule is O=C(N(Cc1ccsc1)CC(F)(F)F)C1(c2cccs2)CCCC1. The van der Waals surface area contributed by atoms with Crippen LogP contribution in [0.15, 0.2) is 34.3 Å². The third-order valence-electron chi connectivity index (χ3n) is 4.47. The monoisotopic (exact) mass is 373 g/mol. The van der Waals surface area contributed by atoms with Crippen molar-refractivity contribution in [1.29, 1.82) is 0 Å². The van der Waals surface area contributed by atoms with E-state index < -0.39 is 18.1 Å². The molecule has 0 aliphatic heterocycles. The summed E-state index contributed by atoms with van der Waals surface area (Å²) in [5.41, 5.74) is -0.0351. The second-order valence-corrected chi connectivity index (χ2v) is 7.90. The molecule has 2 heterocycles. The summed E-state index contributed by atoms with van der Waals surface area (Å²) in [4.78, 5) is 15.1. The predicted octanol–water partition coefficient (Wildman–Crippen LogP) is 5.21. The summed E-state index contributed by atoms with van der Waals surface area (Å²) in [7, 11) is 0. The van der Waals surface area contributed by atoms with Crippen molar-refractivity contribution >= 4 is 28.6 Å². The zero-order valence-corrected chi connectivity index (χ0v) is 14.6. The molecule has 3 rings (SSSR count). The fraction of sp³-hybridized carbons (Fsp3) is 0.471. The molecule has 0 saturated heterocycles. The lowest BCUT2D eigenvalue weighted by Crippen LogP contribution is -2.48. The van der Waals surface area contributed by atoms with Gasteiger partial charge in [0.1, 0.15) is 6.54 Å². The summed E-state index contributed by atoms with van der Waals surface area (Å²) >= 11 is 2.89. The Bertz CT molecular complexity index is 659. The number of thiophene rings is 2. The van der Waals surface area contributed by atoms with Gasteiger partial charge >= 0.3 is 6.18 Å². The molecule has 1 amide bonds. The molecule has 0 aromatic carbocycles. The molecule has 0 N–H and O–H groups in total. The van der Waals surface area contributed by atoms with E-state index in [0.29, 0.717) is 12.8 Å². The fourth-order valence-corrected chi connectivity index (χ4v) is 5.05. The molecule has 2 aromatic rings. The van der Waals surface area contributed by atoms with E-state index in [2.05, 4.69) is 0 Å². The zero-order chi connectivity index (χ0) is 17.2. The smallest absolute Gasteiger partial charge is 0.328 e. The quantitative estimate of drug-likeness (QED) is 0.704. The minimum Gasteiger partial charge on any atom is -0.328 e. The summed E-state index contributed by atoms with van der Waals surface area (Å²) in [6.07, 6.45) is -1.39. The third-order valence-corrected chi connectivity index (χ3v) is 6.28. The van der Waals surface area contributed by atoms with Gasteiger partial charge in [-0.3, -0.25) is 4.79 Å². The van der Waals surface area contributed by atoms with E-state index in [4.69, 9.17) is 0 Å². The van der Waals surface area contributed by atoms with Crippen LogP contribution in [0, 0.1) is 0 Å². The molecule has 7 heteroatoms. The van der Waals surface area contributed by atoms with Gasteiger partial charge in [-0.15, -0.1) is 11.3 Å². The Morgan fingerprint density at radius 1 is 1.21 bits per heavy atom. The van der Waals surface area contributed by atoms with E-state index in [1.54, 1.807) is 11.4 Å². The van der Waals surface area contributed by atoms with Crippen molar-refractivity contribution in [3.63, 3.8) is 0 Å². The highest BCUT2D eigenvalue weighted by Gasteiger charge is 2.47. The Labute approximate surface area is 146 Å². The van der Waals surface area contributed by atoms with Gasteiger partial charge in [0.05, 0.1) is 5.41 Å². The van der Waals surface area contributed by atoms with E-state index in [1.807, 2.05) is 22.9 Å². The van der Waals surface area contributed by atoms with Crippen molar-refractivity contribution in [2.24, 2.45) is 0 Å². The summed E-state index contributed by atoms with van der Waals surface area (Å²) in [6.45, 7) is -1.19. The minimum atomic E-state index is -4.40. The highest BCUT2D eigenvalue weighted by molar-refractivity contribution is 7.10. The van der Waals surface area contributed by atoms with Crippen molar-refractivity contribution in [1.82, 2.24) is 4.90 Å². The van der Waals surface area contributed by atoms with E-state index in [9.17, 15) is 18.0 Å². The second-order valence-electron chi connectivity index (χ2n) is 6.17. The summed E-state index contributed by atoms with van der Waals surface area (Å²) in [5.74, 6) is -0.383. The topological polar surface area (TPSA) is 20.3 Å². The molecule has 2 aromatic heterocycles. The normalized spacial score (nSPS) is 17.1. The first-order valence-electron chi connectivity index (χ1n) is 7.82. The maximum atomic E-state index is 13.2. The first-order chi connectivity index (χ1) is 11.4. The number of alkyl halides is 3. The standard InChI is InChI=1S/C17H18F3NOS2/c18-17(19,20)12-21(10-13-5-9-23-11-13)15(22)16(6-1-2-7-16)14-4-3-8-24-14/h3-5,8-9,11H,1-2,6-7,10,12H2. The largest absolute Gasteiger partial charge is 0.406 e. The van der Waals surface area contributed by atoms with Crippen LogP contribution in [0.5, 0.6) is 0 Å². The maximum absolute atomic E-state index is 13.2. The van der Waals surface area contributed by atoms with Gasteiger partial charge in [-0.25, -0.2) is 0 Å². The maximum Gasteiger partial charge on any atom is 0.406 e. The number of amides is 1. The lowest BCUT2D eigenvalue weighted by atomic mass is 9.82. The van der Waals surface area contributed by atoms with Gasteiger partial charge in [-0.2, -0.15) is 24.5 Å². The lowest BCUT2D eigenvalue weighted by molar-refractivity contribution is -0.166. The Balaban J connectivity index is 1.91. The molecule has 24 heavy (non-hydrogen) atoms. The number of hydrogen-bond donors (Lipinski definition) is 0. The van der Waals surface area contributed by atoms with Gasteiger partial charge < -0.3 is 4.90 Å². The number of nitrogens with zero attached hydrogens (tertiary/aromatic N) is 1. The fourth-order valence-electron chi connectivity index (χ4n) is 3.42. The van der Waals surface area contributed by atoms with Crippen LogP contribution >= 0.6 is 22.7 Å². The van der Waals surface area contributed by atoms with Crippen LogP contribution in [-0.4, -0.2) is 23.5 Å². The highest BCUT2D eigenvalue weighted by Crippen LogP contribution is 2.45. The van der Waals surface area contributed by atoms with Crippen molar-refractivity contribution in [3.8, 4) is 0 Å². The van der Waals surface area contributed by atoms with Crippen molar-refractivity contribution < 1.29 is 18.0 Å². The molecule has 0 unspecified atom stereocenters. The molecular formula is C17H18F3NOS2. The van der Waals surface area contributed by atoms with E-state index >= 15 is 0 Å². The third kappa shape index (κ3) is 3.67. The lowest BCUT2D eigenvalue weighted by Gasteiger charge is -2.34. The minimum absolute atomic E-state index is 0.00890. The number of rotatable bonds is 5. The molecule has 2 nitrogen and oxygen atoms in total. The summed E-state index contributed by atoms with van der Waals surface area (Å²) in [5, 5.41) is 5.50. The van der Waals surface area contributed by atoms with Crippen LogP contribution in [0.3, 0.4) is 0 Å². The van der Waals surface area contributed by atoms with Crippen molar-refractivity contribution in [2.75, 3.05) is 6.54 Å². The second kappa shape index (κ2) is 6.88. The van der Waals surface area contributed by atoms with E-state index in [-0.39, 0.29) is 12.5 Å². The Morgan fingerprint density at radius 2 is 1.96 bits per heavy atom. The van der Waals surface area contributed by atoms with Crippen LogP contribution in [0.25, 0.3) is 0 Å². The van der Waals surface area contributed by atoms with Crippen LogP contribution in [-0.2, 0) is 16.8 Å². The molecule has 0 spiro atoms. The van der Waals surface area contributed by atoms with E-state index in [0.717, 1.165) is 28.2 Å². The van der Waals surface area contributed by atoms with Crippen LogP contribution in [0.2, 0.25) is 0 Å². The van der Waals surface area contributed by atoms with Crippen LogP contribution < -0.4 is 0 Å². The molecular weight excluding hydrogens is 355 g/mol. The average Bonchev–Trinajstić information content (AvgIpc) is 3.25. The van der Waals surface area contributed by atoms with Gasteiger partial charge in [0.2, 0.25) is 5.91 Å². The Kier molecular flexibility index (Phi) is 5.01. The number of halogens is 3. The number of carbonyl (C=O) groups is 1. The van der Waals surface area contributed by atoms with E-state index in [1.165, 1.54) is 22.7 Å². The molecule has 130 valence electrons. The molecule has 1 aliphatic rings. The zero-order valence-electron chi connectivity index (χ0n) is 13.0. The summed E-state index contributed by atoms with van der Waals surface area (Å²) < 4.78 is 39.2. The number of hydrogen-bond acceptors (Lipinski definition) is 3. The Morgan fingerprint density at radius 3 is 2.50 bits per heavy atom. The van der Waals surface area contributed by atoms with Crippen LogP contribution in [0.1, 0.15) is 36.1 Å². The molecule has 0 radical (unpaired) electrons. The average molecular weight is 373 g/mol. The first kappa shape index (κ1) is 17.5. The highest BCUT2D eigenvalue weighted by atomic mass is 32.1. The Hall–Kier alpha value is -1.34. The molecule has 0 atom stereocenters. The van der Waals surface area contributed by atoms with Gasteiger partial charge in [0.25, 0.3) is 0 Å². The molecule has 1 aliphatic carbocycles. The van der Waals surface area contributed by atoms with Crippen molar-refractivity contribution in [2.45, 2.75) is 43.8 Å².